The molecule has 1 heterocycles. The number of hydrogen-bond acceptors (Lipinski definition) is 3. The van der Waals surface area contributed by atoms with Gasteiger partial charge < -0.3 is 15.0 Å². The van der Waals surface area contributed by atoms with Crippen molar-refractivity contribution in [2.45, 2.75) is 12.8 Å². The number of carboxylic acids is 1. The van der Waals surface area contributed by atoms with Gasteiger partial charge in [0.1, 0.15) is 5.41 Å². The molecule has 0 radical (unpaired) electrons. The van der Waals surface area contributed by atoms with Crippen molar-refractivity contribution in [3.05, 3.63) is 24.5 Å². The van der Waals surface area contributed by atoms with E-state index in [1.54, 1.807) is 31.6 Å². The van der Waals surface area contributed by atoms with Gasteiger partial charge in [-0.2, -0.15) is 0 Å². The molecule has 1 aliphatic carbocycles. The lowest BCUT2D eigenvalue weighted by Gasteiger charge is -2.21. The fraction of sp³-hybridized carbons (Fsp3) is 0.308. The topological polar surface area (TPSA) is 86.3 Å². The Kier molecular flexibility index (Phi) is 2.35. The van der Waals surface area contributed by atoms with E-state index in [0.717, 1.165) is 11.0 Å². The lowest BCUT2D eigenvalue weighted by atomic mass is 10.1. The molecular weight excluding hydrogens is 246 g/mol. The first-order valence-electron chi connectivity index (χ1n) is 5.99. The fourth-order valence-electron chi connectivity index (χ4n) is 2.21. The van der Waals surface area contributed by atoms with Gasteiger partial charge in [-0.3, -0.25) is 9.59 Å². The Morgan fingerprint density at radius 3 is 2.79 bits per heavy atom. The SMILES string of the molecule is CN(C(=O)C1(C(=O)O)CC1)c1ccc2nc[nH]c2c1. The van der Waals surface area contributed by atoms with Crippen LogP contribution in [0.3, 0.4) is 0 Å². The summed E-state index contributed by atoms with van der Waals surface area (Å²) in [6, 6.07) is 5.35. The molecule has 98 valence electrons. The van der Waals surface area contributed by atoms with Crippen LogP contribution in [0.1, 0.15) is 12.8 Å². The Hall–Kier alpha value is -2.37. The second kappa shape index (κ2) is 3.81. The van der Waals surface area contributed by atoms with E-state index in [4.69, 9.17) is 5.11 Å². The minimum absolute atomic E-state index is 0.362. The number of imidazole rings is 1. The number of aromatic amines is 1. The number of carboxylic acid groups (broad SMARTS) is 1. The van der Waals surface area contributed by atoms with Crippen molar-refractivity contribution < 1.29 is 14.7 Å². The number of carbonyl (C=O) groups is 2. The highest BCUT2D eigenvalue weighted by Gasteiger charge is 2.58. The molecule has 0 bridgehead atoms. The second-order valence-corrected chi connectivity index (χ2v) is 4.86. The zero-order valence-electron chi connectivity index (χ0n) is 10.4. The number of amides is 1. The van der Waals surface area contributed by atoms with Gasteiger partial charge in [0.05, 0.1) is 17.4 Å². The molecule has 6 nitrogen and oxygen atoms in total. The van der Waals surface area contributed by atoms with Crippen LogP contribution in [-0.2, 0) is 9.59 Å². The molecule has 19 heavy (non-hydrogen) atoms. The zero-order valence-corrected chi connectivity index (χ0v) is 10.4. The minimum Gasteiger partial charge on any atom is -0.480 e. The Balaban J connectivity index is 1.93. The zero-order chi connectivity index (χ0) is 13.6. The lowest BCUT2D eigenvalue weighted by molar-refractivity contribution is -0.148. The van der Waals surface area contributed by atoms with Gasteiger partial charge in [-0.15, -0.1) is 0 Å². The van der Waals surface area contributed by atoms with Crippen LogP contribution in [0.4, 0.5) is 5.69 Å². The van der Waals surface area contributed by atoms with Crippen molar-refractivity contribution in [3.8, 4) is 0 Å². The second-order valence-electron chi connectivity index (χ2n) is 4.86. The maximum absolute atomic E-state index is 12.3. The molecule has 1 aliphatic rings. The third-order valence-corrected chi connectivity index (χ3v) is 3.66. The summed E-state index contributed by atoms with van der Waals surface area (Å²) < 4.78 is 0. The summed E-state index contributed by atoms with van der Waals surface area (Å²) in [6.07, 6.45) is 2.41. The Morgan fingerprint density at radius 2 is 2.16 bits per heavy atom. The van der Waals surface area contributed by atoms with Crippen LogP contribution < -0.4 is 4.90 Å². The third kappa shape index (κ3) is 1.68. The van der Waals surface area contributed by atoms with Gasteiger partial charge in [-0.1, -0.05) is 0 Å². The minimum atomic E-state index is -1.21. The van der Waals surface area contributed by atoms with Crippen LogP contribution >= 0.6 is 0 Å². The molecule has 1 aromatic carbocycles. The average Bonchev–Trinajstić information content (AvgIpc) is 3.09. The summed E-state index contributed by atoms with van der Waals surface area (Å²) in [5, 5.41) is 9.14. The number of nitrogens with one attached hydrogen (secondary N) is 1. The van der Waals surface area contributed by atoms with Crippen molar-refractivity contribution >= 4 is 28.6 Å². The highest BCUT2D eigenvalue weighted by Crippen LogP contribution is 2.47. The van der Waals surface area contributed by atoms with Crippen LogP contribution in [0.5, 0.6) is 0 Å². The van der Waals surface area contributed by atoms with Crippen molar-refractivity contribution in [3.63, 3.8) is 0 Å². The molecule has 0 unspecified atom stereocenters. The highest BCUT2D eigenvalue weighted by atomic mass is 16.4. The number of aliphatic carboxylic acids is 1. The summed E-state index contributed by atoms with van der Waals surface area (Å²) in [5.41, 5.74) is 1.08. The van der Waals surface area contributed by atoms with Crippen molar-refractivity contribution in [2.75, 3.05) is 11.9 Å². The Morgan fingerprint density at radius 1 is 1.42 bits per heavy atom. The van der Waals surface area contributed by atoms with E-state index in [1.807, 2.05) is 0 Å². The fourth-order valence-corrected chi connectivity index (χ4v) is 2.21. The van der Waals surface area contributed by atoms with Crippen LogP contribution in [0, 0.1) is 5.41 Å². The predicted octanol–water partition coefficient (Wildman–Crippen LogP) is 1.39. The molecule has 1 amide bonds. The number of rotatable bonds is 3. The first kappa shape index (κ1) is 11.7. The maximum atomic E-state index is 12.3. The summed E-state index contributed by atoms with van der Waals surface area (Å²) in [5.74, 6) is -1.40. The number of carbonyl (C=O) groups excluding carboxylic acids is 1. The van der Waals surface area contributed by atoms with E-state index >= 15 is 0 Å². The quantitative estimate of drug-likeness (QED) is 0.815. The molecule has 0 aliphatic heterocycles. The van der Waals surface area contributed by atoms with Crippen molar-refractivity contribution in [1.29, 1.82) is 0 Å². The first-order valence-corrected chi connectivity index (χ1v) is 5.99. The lowest BCUT2D eigenvalue weighted by Crippen LogP contribution is -2.38. The number of fused-ring (bicyclic) bond motifs is 1. The van der Waals surface area contributed by atoms with Gasteiger partial charge in [-0.05, 0) is 31.0 Å². The summed E-state index contributed by atoms with van der Waals surface area (Å²) >= 11 is 0. The molecule has 6 heteroatoms. The number of anilines is 1. The molecule has 0 saturated heterocycles. The predicted molar refractivity (Wildman–Crippen MR) is 68.8 cm³/mol. The molecular formula is C13H13N3O3. The van der Waals surface area contributed by atoms with Crippen molar-refractivity contribution in [1.82, 2.24) is 9.97 Å². The van der Waals surface area contributed by atoms with E-state index < -0.39 is 11.4 Å². The van der Waals surface area contributed by atoms with Gasteiger partial charge in [-0.25, -0.2) is 4.98 Å². The van der Waals surface area contributed by atoms with Gasteiger partial charge in [0.15, 0.2) is 0 Å². The monoisotopic (exact) mass is 259 g/mol. The van der Waals surface area contributed by atoms with Gasteiger partial charge >= 0.3 is 5.97 Å². The van der Waals surface area contributed by atoms with E-state index in [-0.39, 0.29) is 5.91 Å². The third-order valence-electron chi connectivity index (χ3n) is 3.66. The highest BCUT2D eigenvalue weighted by molar-refractivity contribution is 6.12. The van der Waals surface area contributed by atoms with Crippen LogP contribution in [0.2, 0.25) is 0 Å². The average molecular weight is 259 g/mol. The maximum Gasteiger partial charge on any atom is 0.319 e. The Labute approximate surface area is 109 Å². The number of H-pyrrole nitrogens is 1. The van der Waals surface area contributed by atoms with E-state index in [9.17, 15) is 9.59 Å². The van der Waals surface area contributed by atoms with Gasteiger partial charge in [0.2, 0.25) is 5.91 Å². The summed E-state index contributed by atoms with van der Waals surface area (Å²) in [4.78, 5) is 31.9. The molecule has 0 atom stereocenters. The molecule has 1 fully saturated rings. The first-order chi connectivity index (χ1) is 9.04. The number of aromatic nitrogens is 2. The van der Waals surface area contributed by atoms with E-state index in [2.05, 4.69) is 9.97 Å². The van der Waals surface area contributed by atoms with Gasteiger partial charge in [0, 0.05) is 12.7 Å². The van der Waals surface area contributed by atoms with Crippen LogP contribution in [0.25, 0.3) is 11.0 Å². The molecule has 2 N–H and O–H groups in total. The number of benzene rings is 1. The van der Waals surface area contributed by atoms with Crippen molar-refractivity contribution in [2.24, 2.45) is 5.41 Å². The van der Waals surface area contributed by atoms with E-state index in [1.165, 1.54) is 4.90 Å². The Bertz CT molecular complexity index is 673. The van der Waals surface area contributed by atoms with Crippen LogP contribution in [0.15, 0.2) is 24.5 Å². The molecule has 3 rings (SSSR count). The molecule has 1 saturated carbocycles. The number of hydrogen-bond donors (Lipinski definition) is 2. The van der Waals surface area contributed by atoms with Gasteiger partial charge in [0.25, 0.3) is 0 Å². The summed E-state index contributed by atoms with van der Waals surface area (Å²) in [7, 11) is 1.60. The van der Waals surface area contributed by atoms with Crippen LogP contribution in [-0.4, -0.2) is 34.0 Å². The molecule has 2 aromatic rings. The molecule has 0 spiro atoms. The standard InChI is InChI=1S/C13H13N3O3/c1-16(11(17)13(4-5-13)12(18)19)8-2-3-9-10(6-8)15-7-14-9/h2-3,6-7H,4-5H2,1H3,(H,14,15)(H,18,19). The van der Waals surface area contributed by atoms with E-state index in [0.29, 0.717) is 18.5 Å². The molecule has 1 aromatic heterocycles. The normalized spacial score (nSPS) is 16.3. The largest absolute Gasteiger partial charge is 0.480 e. The number of nitrogens with zero attached hydrogens (tertiary/aromatic N) is 2. The summed E-state index contributed by atoms with van der Waals surface area (Å²) in [6.45, 7) is 0. The smallest absolute Gasteiger partial charge is 0.319 e.